The number of aliphatic hydroxyl groups is 1. The quantitative estimate of drug-likeness (QED) is 0.614. The molecule has 12 heteroatoms. The van der Waals surface area contributed by atoms with E-state index in [4.69, 9.17) is 0 Å². The van der Waals surface area contributed by atoms with Gasteiger partial charge >= 0.3 is 12.4 Å². The number of aliphatic hydroxyl groups excluding tert-OH is 1. The summed E-state index contributed by atoms with van der Waals surface area (Å²) in [5.41, 5.74) is -2.90. The van der Waals surface area contributed by atoms with Crippen molar-refractivity contribution in [1.82, 2.24) is 15.0 Å². The van der Waals surface area contributed by atoms with Crippen molar-refractivity contribution in [2.75, 3.05) is 10.6 Å². The molecule has 3 rings (SSSR count). The number of halogens is 6. The van der Waals surface area contributed by atoms with Gasteiger partial charge in [-0.2, -0.15) is 31.3 Å². The maximum absolute atomic E-state index is 13.3. The molecule has 2 heterocycles. The first-order valence-corrected chi connectivity index (χ1v) is 8.93. The standard InChI is InChI=1S/C18H19F6N5O/c1-16(2)12(5-13(16)30)28-14-11(18(22,23)24)8-27-15(29-14)26-7-9-6-25-4-3-10(9)17(19,20)21/h3-4,6,8,12-13,30H,5,7H2,1-2H3,(H2,26,27,28,29)/t12-,13-/m1/s1. The molecule has 2 aromatic rings. The molecule has 30 heavy (non-hydrogen) atoms. The summed E-state index contributed by atoms with van der Waals surface area (Å²) < 4.78 is 79.2. The van der Waals surface area contributed by atoms with Crippen LogP contribution < -0.4 is 10.6 Å². The maximum Gasteiger partial charge on any atom is 0.421 e. The van der Waals surface area contributed by atoms with E-state index in [9.17, 15) is 31.4 Å². The minimum absolute atomic E-state index is 0.203. The topological polar surface area (TPSA) is 83.0 Å². The molecule has 2 atom stereocenters. The Labute approximate surface area is 167 Å². The van der Waals surface area contributed by atoms with Crippen molar-refractivity contribution in [1.29, 1.82) is 0 Å². The van der Waals surface area contributed by atoms with E-state index < -0.39 is 46.9 Å². The number of aromatic nitrogens is 3. The highest BCUT2D eigenvalue weighted by atomic mass is 19.4. The van der Waals surface area contributed by atoms with E-state index in [0.717, 1.165) is 18.5 Å². The molecule has 3 N–H and O–H groups in total. The summed E-state index contributed by atoms with van der Waals surface area (Å²) >= 11 is 0. The van der Waals surface area contributed by atoms with Gasteiger partial charge < -0.3 is 15.7 Å². The average Bonchev–Trinajstić information content (AvgIpc) is 2.65. The van der Waals surface area contributed by atoms with Crippen LogP contribution in [0.2, 0.25) is 0 Å². The first kappa shape index (κ1) is 22.1. The third kappa shape index (κ3) is 4.42. The van der Waals surface area contributed by atoms with Gasteiger partial charge in [0.05, 0.1) is 11.7 Å². The third-order valence-electron chi connectivity index (χ3n) is 5.27. The van der Waals surface area contributed by atoms with Crippen molar-refractivity contribution in [3.05, 3.63) is 41.3 Å². The van der Waals surface area contributed by atoms with Crippen LogP contribution >= 0.6 is 0 Å². The Hall–Kier alpha value is -2.63. The van der Waals surface area contributed by atoms with Crippen molar-refractivity contribution in [2.45, 2.75) is 51.3 Å². The minimum atomic E-state index is -4.74. The second-order valence-electron chi connectivity index (χ2n) is 7.61. The van der Waals surface area contributed by atoms with Crippen LogP contribution in [-0.4, -0.2) is 32.2 Å². The summed E-state index contributed by atoms with van der Waals surface area (Å²) in [5.74, 6) is -0.785. The summed E-state index contributed by atoms with van der Waals surface area (Å²) in [4.78, 5) is 11.1. The number of alkyl halides is 6. The molecule has 0 amide bonds. The molecule has 0 radical (unpaired) electrons. The van der Waals surface area contributed by atoms with E-state index in [0.29, 0.717) is 6.20 Å². The predicted octanol–water partition coefficient (Wildman–Crippen LogP) is 4.09. The molecule has 164 valence electrons. The van der Waals surface area contributed by atoms with Gasteiger partial charge in [0.15, 0.2) is 0 Å². The van der Waals surface area contributed by atoms with Crippen LogP contribution in [0.1, 0.15) is 37.0 Å². The molecule has 0 saturated heterocycles. The lowest BCUT2D eigenvalue weighted by molar-refractivity contribution is -0.138. The smallest absolute Gasteiger partial charge is 0.392 e. The molecule has 0 aromatic carbocycles. The van der Waals surface area contributed by atoms with Gasteiger partial charge in [-0.25, -0.2) is 4.98 Å². The normalized spacial score (nSPS) is 21.1. The van der Waals surface area contributed by atoms with Crippen LogP contribution in [0.3, 0.4) is 0 Å². The Morgan fingerprint density at radius 2 is 1.77 bits per heavy atom. The first-order valence-electron chi connectivity index (χ1n) is 8.93. The van der Waals surface area contributed by atoms with Gasteiger partial charge in [-0.15, -0.1) is 0 Å². The van der Waals surface area contributed by atoms with E-state index >= 15 is 0 Å². The SMILES string of the molecule is CC1(C)[C@H](O)C[C@H]1Nc1nc(NCc2cnccc2C(F)(F)F)ncc1C(F)(F)F. The Balaban J connectivity index is 1.84. The molecular weight excluding hydrogens is 416 g/mol. The van der Waals surface area contributed by atoms with Gasteiger partial charge in [0.1, 0.15) is 11.4 Å². The zero-order valence-corrected chi connectivity index (χ0v) is 15.9. The van der Waals surface area contributed by atoms with E-state index in [1.165, 1.54) is 0 Å². The van der Waals surface area contributed by atoms with E-state index in [-0.39, 0.29) is 24.5 Å². The second-order valence-corrected chi connectivity index (χ2v) is 7.61. The number of nitrogens with zero attached hydrogens (tertiary/aromatic N) is 3. The fourth-order valence-electron chi connectivity index (χ4n) is 3.12. The van der Waals surface area contributed by atoms with Crippen LogP contribution in [0.5, 0.6) is 0 Å². The van der Waals surface area contributed by atoms with Gasteiger partial charge in [-0.3, -0.25) is 4.98 Å². The lowest BCUT2D eigenvalue weighted by atomic mass is 9.64. The monoisotopic (exact) mass is 435 g/mol. The highest BCUT2D eigenvalue weighted by Crippen LogP contribution is 2.43. The summed E-state index contributed by atoms with van der Waals surface area (Å²) in [5, 5.41) is 15.0. The van der Waals surface area contributed by atoms with E-state index in [1.54, 1.807) is 13.8 Å². The van der Waals surface area contributed by atoms with Crippen LogP contribution in [0.15, 0.2) is 24.7 Å². The van der Waals surface area contributed by atoms with Gasteiger partial charge in [0, 0.05) is 42.2 Å². The summed E-state index contributed by atoms with van der Waals surface area (Å²) in [7, 11) is 0. The van der Waals surface area contributed by atoms with Crippen molar-refractivity contribution in [3.63, 3.8) is 0 Å². The lowest BCUT2D eigenvalue weighted by Crippen LogP contribution is -2.57. The second kappa shape index (κ2) is 7.56. The minimum Gasteiger partial charge on any atom is -0.392 e. The molecule has 0 bridgehead atoms. The summed E-state index contributed by atoms with van der Waals surface area (Å²) in [6.45, 7) is 3.02. The van der Waals surface area contributed by atoms with Gasteiger partial charge in [0.25, 0.3) is 0 Å². The highest BCUT2D eigenvalue weighted by molar-refractivity contribution is 5.50. The zero-order chi connectivity index (χ0) is 22.3. The van der Waals surface area contributed by atoms with Crippen LogP contribution in [0, 0.1) is 5.41 Å². The van der Waals surface area contributed by atoms with Crippen molar-refractivity contribution < 1.29 is 31.4 Å². The fourth-order valence-corrected chi connectivity index (χ4v) is 3.12. The maximum atomic E-state index is 13.3. The molecular formula is C18H19F6N5O. The van der Waals surface area contributed by atoms with Crippen molar-refractivity contribution >= 4 is 11.8 Å². The molecule has 1 saturated carbocycles. The Kier molecular flexibility index (Phi) is 5.56. The molecule has 0 spiro atoms. The lowest BCUT2D eigenvalue weighted by Gasteiger charge is -2.49. The van der Waals surface area contributed by atoms with Gasteiger partial charge in [0.2, 0.25) is 5.95 Å². The number of hydrogen-bond donors (Lipinski definition) is 3. The van der Waals surface area contributed by atoms with Crippen LogP contribution in [0.25, 0.3) is 0 Å². The molecule has 1 aliphatic rings. The average molecular weight is 435 g/mol. The molecule has 6 nitrogen and oxygen atoms in total. The van der Waals surface area contributed by atoms with Gasteiger partial charge in [-0.05, 0) is 12.5 Å². The van der Waals surface area contributed by atoms with Crippen LogP contribution in [0.4, 0.5) is 38.1 Å². The zero-order valence-electron chi connectivity index (χ0n) is 15.9. The van der Waals surface area contributed by atoms with E-state index in [1.807, 2.05) is 0 Å². The number of rotatable bonds is 5. The van der Waals surface area contributed by atoms with Crippen LogP contribution in [-0.2, 0) is 18.9 Å². The van der Waals surface area contributed by atoms with Crippen molar-refractivity contribution in [2.24, 2.45) is 5.41 Å². The Morgan fingerprint density at radius 3 is 2.33 bits per heavy atom. The number of anilines is 2. The predicted molar refractivity (Wildman–Crippen MR) is 95.4 cm³/mol. The molecule has 1 aliphatic carbocycles. The molecule has 1 fully saturated rings. The molecule has 0 aliphatic heterocycles. The van der Waals surface area contributed by atoms with E-state index in [2.05, 4.69) is 25.6 Å². The van der Waals surface area contributed by atoms with Gasteiger partial charge in [-0.1, -0.05) is 13.8 Å². The Bertz CT molecular complexity index is 915. The highest BCUT2D eigenvalue weighted by Gasteiger charge is 2.48. The van der Waals surface area contributed by atoms with Crippen molar-refractivity contribution in [3.8, 4) is 0 Å². The number of pyridine rings is 1. The third-order valence-corrected chi connectivity index (χ3v) is 5.27. The number of nitrogens with one attached hydrogen (secondary N) is 2. The molecule has 2 aromatic heterocycles. The number of hydrogen-bond acceptors (Lipinski definition) is 6. The summed E-state index contributed by atoms with van der Waals surface area (Å²) in [6, 6.07) is 0.341. The first-order chi connectivity index (χ1) is 13.8. The Morgan fingerprint density at radius 1 is 1.10 bits per heavy atom. The largest absolute Gasteiger partial charge is 0.421 e. The molecule has 0 unspecified atom stereocenters. The summed E-state index contributed by atoms with van der Waals surface area (Å²) in [6.07, 6.45) is -7.20. The fraction of sp³-hybridized carbons (Fsp3) is 0.500.